The van der Waals surface area contributed by atoms with Crippen molar-refractivity contribution >= 4 is 5.91 Å². The standard InChI is InChI=1S/C15H21FN2O/c1-2-15(7-9-17-10-8-15)14(19)18-11-12-5-3-4-6-13(12)16/h3-6,17H,2,7-11H2,1H3,(H,18,19). The molecule has 0 unspecified atom stereocenters. The lowest BCUT2D eigenvalue weighted by molar-refractivity contribution is -0.133. The van der Waals surface area contributed by atoms with Gasteiger partial charge in [0.2, 0.25) is 5.91 Å². The molecule has 1 aromatic rings. The van der Waals surface area contributed by atoms with Gasteiger partial charge in [0.25, 0.3) is 0 Å². The van der Waals surface area contributed by atoms with Crippen molar-refractivity contribution < 1.29 is 9.18 Å². The summed E-state index contributed by atoms with van der Waals surface area (Å²) in [7, 11) is 0. The third kappa shape index (κ3) is 3.13. The third-order valence-corrected chi connectivity index (χ3v) is 4.12. The smallest absolute Gasteiger partial charge is 0.226 e. The number of rotatable bonds is 4. The van der Waals surface area contributed by atoms with Crippen molar-refractivity contribution in [1.29, 1.82) is 0 Å². The minimum Gasteiger partial charge on any atom is -0.351 e. The Bertz CT molecular complexity index is 442. The van der Waals surface area contributed by atoms with Crippen LogP contribution in [0.5, 0.6) is 0 Å². The summed E-state index contributed by atoms with van der Waals surface area (Å²) in [4.78, 5) is 12.4. The second-order valence-corrected chi connectivity index (χ2v) is 5.16. The van der Waals surface area contributed by atoms with Crippen LogP contribution in [-0.4, -0.2) is 19.0 Å². The molecule has 2 rings (SSSR count). The molecule has 1 aliphatic heterocycles. The molecule has 0 aromatic heterocycles. The lowest BCUT2D eigenvalue weighted by atomic mass is 9.76. The molecule has 0 saturated carbocycles. The molecular formula is C15H21FN2O. The number of amides is 1. The van der Waals surface area contributed by atoms with Gasteiger partial charge in [0.1, 0.15) is 5.82 Å². The van der Waals surface area contributed by atoms with E-state index in [0.29, 0.717) is 5.56 Å². The Morgan fingerprint density at radius 1 is 1.37 bits per heavy atom. The molecule has 0 spiro atoms. The van der Waals surface area contributed by atoms with Crippen LogP contribution in [0.1, 0.15) is 31.7 Å². The predicted molar refractivity (Wildman–Crippen MR) is 73.1 cm³/mol. The minimum absolute atomic E-state index is 0.0553. The molecule has 0 aliphatic carbocycles. The second-order valence-electron chi connectivity index (χ2n) is 5.16. The Morgan fingerprint density at radius 2 is 2.05 bits per heavy atom. The Balaban J connectivity index is 1.98. The van der Waals surface area contributed by atoms with Crippen molar-refractivity contribution in [3.8, 4) is 0 Å². The predicted octanol–water partition coefficient (Wildman–Crippen LogP) is 2.22. The summed E-state index contributed by atoms with van der Waals surface area (Å²) in [6.45, 7) is 4.07. The molecule has 0 bridgehead atoms. The fourth-order valence-corrected chi connectivity index (χ4v) is 2.65. The monoisotopic (exact) mass is 264 g/mol. The molecule has 0 radical (unpaired) electrons. The molecule has 1 amide bonds. The Morgan fingerprint density at radius 3 is 2.68 bits per heavy atom. The highest BCUT2D eigenvalue weighted by atomic mass is 19.1. The Labute approximate surface area is 113 Å². The molecule has 104 valence electrons. The maximum Gasteiger partial charge on any atom is 0.226 e. The van der Waals surface area contributed by atoms with Crippen LogP contribution in [0, 0.1) is 11.2 Å². The van der Waals surface area contributed by atoms with Crippen LogP contribution in [0.15, 0.2) is 24.3 Å². The van der Waals surface area contributed by atoms with Gasteiger partial charge < -0.3 is 10.6 Å². The fourth-order valence-electron chi connectivity index (χ4n) is 2.65. The van der Waals surface area contributed by atoms with E-state index in [1.54, 1.807) is 18.2 Å². The maximum absolute atomic E-state index is 13.5. The number of benzene rings is 1. The van der Waals surface area contributed by atoms with Gasteiger partial charge in [-0.3, -0.25) is 4.79 Å². The normalized spacial score (nSPS) is 18.0. The molecule has 1 aromatic carbocycles. The molecule has 4 heteroatoms. The van der Waals surface area contributed by atoms with E-state index in [9.17, 15) is 9.18 Å². The lowest BCUT2D eigenvalue weighted by Gasteiger charge is -2.35. The Kier molecular flexibility index (Phi) is 4.53. The quantitative estimate of drug-likeness (QED) is 0.875. The van der Waals surface area contributed by atoms with Crippen LogP contribution in [-0.2, 0) is 11.3 Å². The summed E-state index contributed by atoms with van der Waals surface area (Å²) in [5.41, 5.74) is 0.257. The van der Waals surface area contributed by atoms with Gasteiger partial charge >= 0.3 is 0 Å². The summed E-state index contributed by atoms with van der Waals surface area (Å²) < 4.78 is 13.5. The second kappa shape index (κ2) is 6.15. The number of carbonyl (C=O) groups excluding carboxylic acids is 1. The van der Waals surface area contributed by atoms with Crippen molar-refractivity contribution in [1.82, 2.24) is 10.6 Å². The van der Waals surface area contributed by atoms with E-state index in [1.807, 2.05) is 6.92 Å². The average molecular weight is 264 g/mol. The highest BCUT2D eigenvalue weighted by molar-refractivity contribution is 5.82. The van der Waals surface area contributed by atoms with E-state index in [0.717, 1.165) is 32.4 Å². The highest BCUT2D eigenvalue weighted by Gasteiger charge is 2.37. The zero-order valence-electron chi connectivity index (χ0n) is 11.3. The molecule has 1 heterocycles. The summed E-state index contributed by atoms with van der Waals surface area (Å²) in [6, 6.07) is 6.56. The van der Waals surface area contributed by atoms with E-state index in [1.165, 1.54) is 6.07 Å². The van der Waals surface area contributed by atoms with E-state index in [4.69, 9.17) is 0 Å². The van der Waals surface area contributed by atoms with Gasteiger partial charge in [0, 0.05) is 12.1 Å². The number of nitrogens with one attached hydrogen (secondary N) is 2. The fraction of sp³-hybridized carbons (Fsp3) is 0.533. The van der Waals surface area contributed by atoms with Gasteiger partial charge in [-0.25, -0.2) is 4.39 Å². The average Bonchev–Trinajstić information content (AvgIpc) is 2.46. The zero-order valence-corrected chi connectivity index (χ0v) is 11.3. The van der Waals surface area contributed by atoms with Crippen LogP contribution < -0.4 is 10.6 Å². The summed E-state index contributed by atoms with van der Waals surface area (Å²) in [6.07, 6.45) is 2.54. The molecule has 1 aliphatic rings. The van der Waals surface area contributed by atoms with E-state index in [-0.39, 0.29) is 23.7 Å². The number of halogens is 1. The zero-order chi connectivity index (χ0) is 13.7. The van der Waals surface area contributed by atoms with Gasteiger partial charge in [0.05, 0.1) is 5.41 Å². The van der Waals surface area contributed by atoms with Crippen LogP contribution in [0.2, 0.25) is 0 Å². The number of piperidine rings is 1. The summed E-state index contributed by atoms with van der Waals surface area (Å²) >= 11 is 0. The van der Waals surface area contributed by atoms with Crippen molar-refractivity contribution in [2.75, 3.05) is 13.1 Å². The first kappa shape index (κ1) is 14.0. The van der Waals surface area contributed by atoms with Crippen LogP contribution in [0.25, 0.3) is 0 Å². The summed E-state index contributed by atoms with van der Waals surface area (Å²) in [5.74, 6) is -0.210. The van der Waals surface area contributed by atoms with E-state index < -0.39 is 0 Å². The molecule has 1 fully saturated rings. The first-order chi connectivity index (χ1) is 9.18. The molecule has 1 saturated heterocycles. The van der Waals surface area contributed by atoms with E-state index in [2.05, 4.69) is 10.6 Å². The first-order valence-corrected chi connectivity index (χ1v) is 6.90. The number of hydrogen-bond donors (Lipinski definition) is 2. The largest absolute Gasteiger partial charge is 0.351 e. The highest BCUT2D eigenvalue weighted by Crippen LogP contribution is 2.32. The number of hydrogen-bond acceptors (Lipinski definition) is 2. The van der Waals surface area contributed by atoms with E-state index >= 15 is 0 Å². The van der Waals surface area contributed by atoms with Gasteiger partial charge in [0.15, 0.2) is 0 Å². The van der Waals surface area contributed by atoms with Crippen molar-refractivity contribution in [3.05, 3.63) is 35.6 Å². The molecule has 0 atom stereocenters. The van der Waals surface area contributed by atoms with Crippen LogP contribution >= 0.6 is 0 Å². The topological polar surface area (TPSA) is 41.1 Å². The SMILES string of the molecule is CCC1(C(=O)NCc2ccccc2F)CCNCC1. The van der Waals surface area contributed by atoms with Crippen molar-refractivity contribution in [2.24, 2.45) is 5.41 Å². The first-order valence-electron chi connectivity index (χ1n) is 6.90. The number of carbonyl (C=O) groups is 1. The van der Waals surface area contributed by atoms with Gasteiger partial charge in [-0.05, 0) is 38.4 Å². The third-order valence-electron chi connectivity index (χ3n) is 4.12. The van der Waals surface area contributed by atoms with Crippen LogP contribution in [0.3, 0.4) is 0 Å². The minimum atomic E-state index is -0.281. The molecular weight excluding hydrogens is 243 g/mol. The van der Waals surface area contributed by atoms with Gasteiger partial charge in [-0.2, -0.15) is 0 Å². The van der Waals surface area contributed by atoms with Crippen LogP contribution in [0.4, 0.5) is 4.39 Å². The molecule has 19 heavy (non-hydrogen) atoms. The van der Waals surface area contributed by atoms with Crippen molar-refractivity contribution in [3.63, 3.8) is 0 Å². The van der Waals surface area contributed by atoms with Gasteiger partial charge in [-0.1, -0.05) is 25.1 Å². The lowest BCUT2D eigenvalue weighted by Crippen LogP contribution is -2.47. The Hall–Kier alpha value is -1.42. The summed E-state index contributed by atoms with van der Waals surface area (Å²) in [5, 5.41) is 6.17. The molecule has 2 N–H and O–H groups in total. The van der Waals surface area contributed by atoms with Gasteiger partial charge in [-0.15, -0.1) is 0 Å². The molecule has 3 nitrogen and oxygen atoms in total. The van der Waals surface area contributed by atoms with Crippen molar-refractivity contribution in [2.45, 2.75) is 32.7 Å². The maximum atomic E-state index is 13.5.